The fourth-order valence-electron chi connectivity index (χ4n) is 1.89. The van der Waals surface area contributed by atoms with E-state index in [-0.39, 0.29) is 22.5 Å². The molecule has 0 saturated carbocycles. The molecule has 0 saturated heterocycles. The maximum absolute atomic E-state index is 9.13. The van der Waals surface area contributed by atoms with Gasteiger partial charge in [0.15, 0.2) is 5.75 Å². The van der Waals surface area contributed by atoms with Crippen molar-refractivity contribution in [3.8, 4) is 23.8 Å². The summed E-state index contributed by atoms with van der Waals surface area (Å²) in [4.78, 5) is 3.98. The smallest absolute Gasteiger partial charge is 0.247 e. The molecule has 0 aliphatic rings. The van der Waals surface area contributed by atoms with E-state index in [9.17, 15) is 0 Å². The molecule has 0 radical (unpaired) electrons. The van der Waals surface area contributed by atoms with Crippen LogP contribution in [0.2, 0.25) is 5.15 Å². The second-order valence-electron chi connectivity index (χ2n) is 4.10. The number of ether oxygens (including phenoxy) is 1. The molecule has 0 spiro atoms. The van der Waals surface area contributed by atoms with E-state index in [0.717, 1.165) is 0 Å². The Morgan fingerprint density at radius 2 is 1.95 bits per heavy atom. The number of nitriles is 2. The van der Waals surface area contributed by atoms with Crippen LogP contribution < -0.4 is 4.74 Å². The maximum Gasteiger partial charge on any atom is 0.247 e. The van der Waals surface area contributed by atoms with Crippen molar-refractivity contribution in [3.05, 3.63) is 52.9 Å². The summed E-state index contributed by atoms with van der Waals surface area (Å²) in [5, 5.41) is 18.8. The summed E-state index contributed by atoms with van der Waals surface area (Å²) in [7, 11) is 0. The van der Waals surface area contributed by atoms with Crippen molar-refractivity contribution in [1.29, 1.82) is 10.5 Å². The first-order chi connectivity index (χ1) is 10.2. The molecule has 6 heteroatoms. The van der Waals surface area contributed by atoms with Gasteiger partial charge in [0.25, 0.3) is 0 Å². The lowest BCUT2D eigenvalue weighted by Gasteiger charge is -2.04. The molecule has 21 heavy (non-hydrogen) atoms. The number of hydrogen-bond donors (Lipinski definition) is 0. The first kappa shape index (κ1) is 13.0. The van der Waals surface area contributed by atoms with Gasteiger partial charge in [-0.25, -0.2) is 4.98 Å². The lowest BCUT2D eigenvalue weighted by molar-refractivity contribution is 0.450. The zero-order valence-electron chi connectivity index (χ0n) is 10.5. The molecular weight excluding hydrogens is 290 g/mol. The minimum Gasteiger partial charge on any atom is -0.442 e. The molecule has 0 aliphatic carbocycles. The highest BCUT2D eigenvalue weighted by atomic mass is 35.5. The Bertz CT molecular complexity index is 919. The van der Waals surface area contributed by atoms with Crippen molar-refractivity contribution < 1.29 is 9.15 Å². The van der Waals surface area contributed by atoms with E-state index in [4.69, 9.17) is 31.3 Å². The minimum absolute atomic E-state index is 0.0384. The number of hydrogen-bond acceptors (Lipinski definition) is 5. The molecule has 2 heterocycles. The Kier molecular flexibility index (Phi) is 3.19. The van der Waals surface area contributed by atoms with Crippen molar-refractivity contribution in [1.82, 2.24) is 4.98 Å². The van der Waals surface area contributed by atoms with Gasteiger partial charge in [-0.2, -0.15) is 10.5 Å². The third-order valence-electron chi connectivity index (χ3n) is 2.76. The van der Waals surface area contributed by atoms with E-state index in [0.29, 0.717) is 16.5 Å². The predicted molar refractivity (Wildman–Crippen MR) is 75.0 cm³/mol. The minimum atomic E-state index is 0.0384. The monoisotopic (exact) mass is 295 g/mol. The molecule has 0 aliphatic heterocycles. The van der Waals surface area contributed by atoms with Crippen LogP contribution in [0.3, 0.4) is 0 Å². The standard InChI is InChI=1S/C15H6ClN3O2/c16-13-5-9(7-17)6-14(19-13)21-15-10-3-1-2-4-11(10)20-12(15)8-18/h1-6H. The maximum atomic E-state index is 9.13. The van der Waals surface area contributed by atoms with Crippen molar-refractivity contribution in [3.63, 3.8) is 0 Å². The number of benzene rings is 1. The second-order valence-corrected chi connectivity index (χ2v) is 4.49. The Morgan fingerprint density at radius 1 is 1.14 bits per heavy atom. The van der Waals surface area contributed by atoms with Gasteiger partial charge in [-0.3, -0.25) is 0 Å². The molecule has 3 rings (SSSR count). The number of nitrogens with zero attached hydrogens (tertiary/aromatic N) is 3. The van der Waals surface area contributed by atoms with Crippen LogP contribution in [0.5, 0.6) is 11.6 Å². The Hall–Kier alpha value is -3.02. The van der Waals surface area contributed by atoms with E-state index < -0.39 is 0 Å². The summed E-state index contributed by atoms with van der Waals surface area (Å²) in [6.07, 6.45) is 0. The summed E-state index contributed by atoms with van der Waals surface area (Å²) < 4.78 is 11.0. The van der Waals surface area contributed by atoms with E-state index >= 15 is 0 Å². The van der Waals surface area contributed by atoms with E-state index in [1.807, 2.05) is 12.1 Å². The molecule has 5 nitrogen and oxygen atoms in total. The Labute approximate surface area is 124 Å². The van der Waals surface area contributed by atoms with Crippen LogP contribution in [0.25, 0.3) is 11.0 Å². The number of furan rings is 1. The van der Waals surface area contributed by atoms with Crippen LogP contribution in [-0.4, -0.2) is 4.98 Å². The third kappa shape index (κ3) is 2.38. The van der Waals surface area contributed by atoms with Crippen LogP contribution >= 0.6 is 11.6 Å². The second kappa shape index (κ2) is 5.16. The molecule has 0 N–H and O–H groups in total. The number of fused-ring (bicyclic) bond motifs is 1. The van der Waals surface area contributed by atoms with Gasteiger partial charge in [-0.1, -0.05) is 23.7 Å². The van der Waals surface area contributed by atoms with Gasteiger partial charge >= 0.3 is 0 Å². The van der Waals surface area contributed by atoms with Gasteiger partial charge in [-0.05, 0) is 18.2 Å². The quantitative estimate of drug-likeness (QED) is 0.667. The molecular formula is C15H6ClN3O2. The zero-order valence-corrected chi connectivity index (χ0v) is 11.3. The van der Waals surface area contributed by atoms with Crippen molar-refractivity contribution >= 4 is 22.6 Å². The average molecular weight is 296 g/mol. The first-order valence-corrected chi connectivity index (χ1v) is 6.26. The van der Waals surface area contributed by atoms with Gasteiger partial charge < -0.3 is 9.15 Å². The SMILES string of the molecule is N#Cc1cc(Cl)nc(Oc2c(C#N)oc3ccccc23)c1. The van der Waals surface area contributed by atoms with Crippen LogP contribution in [0.1, 0.15) is 11.3 Å². The summed E-state index contributed by atoms with van der Waals surface area (Å²) in [5.41, 5.74) is 0.850. The average Bonchev–Trinajstić information content (AvgIpc) is 2.85. The van der Waals surface area contributed by atoms with Crippen molar-refractivity contribution in [2.24, 2.45) is 0 Å². The molecule has 0 unspecified atom stereocenters. The van der Waals surface area contributed by atoms with E-state index in [1.54, 1.807) is 24.3 Å². The van der Waals surface area contributed by atoms with Gasteiger partial charge in [0.05, 0.1) is 17.0 Å². The Balaban J connectivity index is 2.12. The van der Waals surface area contributed by atoms with Gasteiger partial charge in [0, 0.05) is 6.07 Å². The number of rotatable bonds is 2. The highest BCUT2D eigenvalue weighted by molar-refractivity contribution is 6.29. The number of aromatic nitrogens is 1. The molecule has 0 fully saturated rings. The van der Waals surface area contributed by atoms with E-state index in [2.05, 4.69) is 4.98 Å². The highest BCUT2D eigenvalue weighted by Crippen LogP contribution is 2.35. The highest BCUT2D eigenvalue weighted by Gasteiger charge is 2.17. The fourth-order valence-corrected chi connectivity index (χ4v) is 2.09. The molecule has 2 aromatic heterocycles. The normalized spacial score (nSPS) is 10.0. The molecule has 100 valence electrons. The number of halogens is 1. The van der Waals surface area contributed by atoms with Crippen LogP contribution in [0.4, 0.5) is 0 Å². The number of para-hydroxylation sites is 1. The number of pyridine rings is 1. The van der Waals surface area contributed by atoms with Gasteiger partial charge in [-0.15, -0.1) is 0 Å². The van der Waals surface area contributed by atoms with Crippen LogP contribution in [0, 0.1) is 22.7 Å². The Morgan fingerprint density at radius 3 is 2.71 bits per heavy atom. The van der Waals surface area contributed by atoms with E-state index in [1.165, 1.54) is 12.1 Å². The summed E-state index contributed by atoms with van der Waals surface area (Å²) in [6, 6.07) is 13.9. The molecule has 0 bridgehead atoms. The third-order valence-corrected chi connectivity index (χ3v) is 2.95. The summed E-state index contributed by atoms with van der Waals surface area (Å²) in [5.74, 6) is 0.422. The fraction of sp³-hybridized carbons (Fsp3) is 0. The molecule has 1 aromatic carbocycles. The lowest BCUT2D eigenvalue weighted by atomic mass is 10.2. The van der Waals surface area contributed by atoms with Crippen molar-refractivity contribution in [2.45, 2.75) is 0 Å². The predicted octanol–water partition coefficient (Wildman–Crippen LogP) is 4.02. The zero-order chi connectivity index (χ0) is 14.8. The first-order valence-electron chi connectivity index (χ1n) is 5.88. The lowest BCUT2D eigenvalue weighted by Crippen LogP contribution is -1.90. The molecule has 0 amide bonds. The molecule has 0 atom stereocenters. The van der Waals surface area contributed by atoms with Crippen LogP contribution in [0.15, 0.2) is 40.8 Å². The van der Waals surface area contributed by atoms with Crippen LogP contribution in [-0.2, 0) is 0 Å². The van der Waals surface area contributed by atoms with Crippen molar-refractivity contribution in [2.75, 3.05) is 0 Å². The largest absolute Gasteiger partial charge is 0.442 e. The van der Waals surface area contributed by atoms with Gasteiger partial charge in [0.2, 0.25) is 11.6 Å². The van der Waals surface area contributed by atoms with Gasteiger partial charge in [0.1, 0.15) is 16.8 Å². The summed E-state index contributed by atoms with van der Waals surface area (Å²) in [6.45, 7) is 0. The molecule has 3 aromatic rings. The topological polar surface area (TPSA) is 82.8 Å². The summed E-state index contributed by atoms with van der Waals surface area (Å²) >= 11 is 5.83.